The Bertz CT molecular complexity index is 431. The van der Waals surface area contributed by atoms with Gasteiger partial charge in [0.2, 0.25) is 5.75 Å². The Morgan fingerprint density at radius 3 is 2.05 bits per heavy atom. The fourth-order valence-corrected chi connectivity index (χ4v) is 1.66. The zero-order valence-corrected chi connectivity index (χ0v) is 12.7. The lowest BCUT2D eigenvalue weighted by Gasteiger charge is -2.15. The maximum atomic E-state index is 11.8. The van der Waals surface area contributed by atoms with E-state index in [1.165, 1.54) is 21.3 Å². The molecule has 1 aromatic rings. The first-order valence-corrected chi connectivity index (χ1v) is 6.52. The number of benzene rings is 1. The first-order valence-electron chi connectivity index (χ1n) is 6.52. The van der Waals surface area contributed by atoms with Gasteiger partial charge in [0, 0.05) is 18.1 Å². The summed E-state index contributed by atoms with van der Waals surface area (Å²) in [5.74, 6) is 2.07. The van der Waals surface area contributed by atoms with E-state index in [1.807, 2.05) is 13.8 Å². The van der Waals surface area contributed by atoms with Crippen molar-refractivity contribution < 1.29 is 23.7 Å². The van der Waals surface area contributed by atoms with Crippen LogP contribution in [0.5, 0.6) is 23.0 Å². The molecule has 5 heteroatoms. The molecule has 1 unspecified atom stereocenters. The molecule has 0 aliphatic carbocycles. The van der Waals surface area contributed by atoms with Crippen LogP contribution in [0, 0.1) is 5.92 Å². The van der Waals surface area contributed by atoms with Crippen molar-refractivity contribution in [2.45, 2.75) is 20.3 Å². The van der Waals surface area contributed by atoms with Crippen molar-refractivity contribution in [2.75, 3.05) is 27.9 Å². The van der Waals surface area contributed by atoms with Gasteiger partial charge in [-0.15, -0.1) is 0 Å². The van der Waals surface area contributed by atoms with Crippen molar-refractivity contribution in [3.05, 3.63) is 12.1 Å². The molecule has 0 amide bonds. The molecule has 0 fully saturated rings. The molecule has 0 aromatic heterocycles. The largest absolute Gasteiger partial charge is 0.493 e. The number of rotatable bonds is 8. The standard InChI is InChI=1S/C15H22O5/c1-6-10(2)12(16)9-20-11-7-13(17-3)15(19-5)14(8-11)18-4/h7-8,10H,6,9H2,1-5H3. The van der Waals surface area contributed by atoms with Gasteiger partial charge >= 0.3 is 0 Å². The molecule has 20 heavy (non-hydrogen) atoms. The molecule has 0 bridgehead atoms. The number of ketones is 1. The van der Waals surface area contributed by atoms with Gasteiger partial charge in [0.15, 0.2) is 17.3 Å². The molecule has 0 saturated heterocycles. The third-order valence-corrected chi connectivity index (χ3v) is 3.18. The number of hydrogen-bond acceptors (Lipinski definition) is 5. The van der Waals surface area contributed by atoms with Crippen LogP contribution >= 0.6 is 0 Å². The van der Waals surface area contributed by atoms with Crippen LogP contribution < -0.4 is 18.9 Å². The van der Waals surface area contributed by atoms with Crippen LogP contribution in [0.1, 0.15) is 20.3 Å². The summed E-state index contributed by atoms with van der Waals surface area (Å²) in [6.07, 6.45) is 0.803. The fourth-order valence-electron chi connectivity index (χ4n) is 1.66. The van der Waals surface area contributed by atoms with E-state index in [0.717, 1.165) is 6.42 Å². The van der Waals surface area contributed by atoms with Crippen LogP contribution in [-0.2, 0) is 4.79 Å². The second-order valence-electron chi connectivity index (χ2n) is 4.43. The summed E-state index contributed by atoms with van der Waals surface area (Å²) in [4.78, 5) is 11.8. The Labute approximate surface area is 119 Å². The van der Waals surface area contributed by atoms with E-state index in [0.29, 0.717) is 23.0 Å². The van der Waals surface area contributed by atoms with Crippen LogP contribution in [0.25, 0.3) is 0 Å². The van der Waals surface area contributed by atoms with Crippen molar-refractivity contribution in [3.8, 4) is 23.0 Å². The zero-order valence-electron chi connectivity index (χ0n) is 12.7. The highest BCUT2D eigenvalue weighted by molar-refractivity contribution is 5.82. The molecule has 0 saturated carbocycles. The second-order valence-corrected chi connectivity index (χ2v) is 4.43. The molecule has 0 aliphatic rings. The smallest absolute Gasteiger partial charge is 0.203 e. The number of hydrogen-bond donors (Lipinski definition) is 0. The van der Waals surface area contributed by atoms with E-state index < -0.39 is 0 Å². The molecule has 112 valence electrons. The van der Waals surface area contributed by atoms with E-state index in [2.05, 4.69) is 0 Å². The fraction of sp³-hybridized carbons (Fsp3) is 0.533. The molecule has 0 spiro atoms. The Kier molecular flexibility index (Phi) is 6.15. The van der Waals surface area contributed by atoms with E-state index in [4.69, 9.17) is 18.9 Å². The maximum absolute atomic E-state index is 11.8. The third-order valence-electron chi connectivity index (χ3n) is 3.18. The normalized spacial score (nSPS) is 11.7. The first-order chi connectivity index (χ1) is 9.57. The predicted molar refractivity (Wildman–Crippen MR) is 76.1 cm³/mol. The van der Waals surface area contributed by atoms with Crippen molar-refractivity contribution in [3.63, 3.8) is 0 Å². The minimum Gasteiger partial charge on any atom is -0.493 e. The molecule has 0 heterocycles. The number of ether oxygens (including phenoxy) is 4. The zero-order chi connectivity index (χ0) is 15.1. The SMILES string of the molecule is CCC(C)C(=O)COc1cc(OC)c(OC)c(OC)c1. The summed E-state index contributed by atoms with van der Waals surface area (Å²) in [5, 5.41) is 0. The topological polar surface area (TPSA) is 54.0 Å². The maximum Gasteiger partial charge on any atom is 0.203 e. The minimum atomic E-state index is -0.00274. The van der Waals surface area contributed by atoms with Gasteiger partial charge in [-0.2, -0.15) is 0 Å². The summed E-state index contributed by atoms with van der Waals surface area (Å²) in [6, 6.07) is 3.34. The molecule has 1 rings (SSSR count). The molecule has 5 nitrogen and oxygen atoms in total. The van der Waals surface area contributed by atoms with Crippen LogP contribution in [0.3, 0.4) is 0 Å². The molecular weight excluding hydrogens is 260 g/mol. The lowest BCUT2D eigenvalue weighted by molar-refractivity contribution is -0.124. The lowest BCUT2D eigenvalue weighted by Crippen LogP contribution is -2.18. The highest BCUT2D eigenvalue weighted by Crippen LogP contribution is 2.40. The molecule has 1 atom stereocenters. The van der Waals surface area contributed by atoms with Gasteiger partial charge in [0.1, 0.15) is 12.4 Å². The monoisotopic (exact) mass is 282 g/mol. The number of carbonyl (C=O) groups is 1. The molecule has 0 N–H and O–H groups in total. The summed E-state index contributed by atoms with van der Waals surface area (Å²) in [6.45, 7) is 3.90. The third kappa shape index (κ3) is 3.79. The highest BCUT2D eigenvalue weighted by Gasteiger charge is 2.16. The van der Waals surface area contributed by atoms with E-state index >= 15 is 0 Å². The predicted octanol–water partition coefficient (Wildman–Crippen LogP) is 2.71. The molecular formula is C15H22O5. The van der Waals surface area contributed by atoms with Crippen LogP contribution in [0.15, 0.2) is 12.1 Å². The van der Waals surface area contributed by atoms with Gasteiger partial charge in [-0.25, -0.2) is 0 Å². The van der Waals surface area contributed by atoms with E-state index in [9.17, 15) is 4.79 Å². The first kappa shape index (κ1) is 16.1. The Balaban J connectivity index is 2.88. The van der Waals surface area contributed by atoms with Gasteiger partial charge in [0.05, 0.1) is 21.3 Å². The quantitative estimate of drug-likeness (QED) is 0.733. The number of Topliss-reactive ketones (excluding diaryl/α,β-unsaturated/α-hetero) is 1. The molecule has 0 radical (unpaired) electrons. The number of carbonyl (C=O) groups excluding carboxylic acids is 1. The highest BCUT2D eigenvalue weighted by atomic mass is 16.5. The van der Waals surface area contributed by atoms with Crippen LogP contribution in [0.2, 0.25) is 0 Å². The van der Waals surface area contributed by atoms with Gasteiger partial charge < -0.3 is 18.9 Å². The minimum absolute atomic E-state index is 0.00274. The number of methoxy groups -OCH3 is 3. The Morgan fingerprint density at radius 1 is 1.10 bits per heavy atom. The van der Waals surface area contributed by atoms with Crippen LogP contribution in [-0.4, -0.2) is 33.7 Å². The van der Waals surface area contributed by atoms with Crippen molar-refractivity contribution in [1.29, 1.82) is 0 Å². The molecule has 1 aromatic carbocycles. The summed E-state index contributed by atoms with van der Waals surface area (Å²) >= 11 is 0. The van der Waals surface area contributed by atoms with Crippen molar-refractivity contribution >= 4 is 5.78 Å². The van der Waals surface area contributed by atoms with E-state index in [-0.39, 0.29) is 18.3 Å². The van der Waals surface area contributed by atoms with Gasteiger partial charge in [-0.05, 0) is 6.42 Å². The Hall–Kier alpha value is -1.91. The van der Waals surface area contributed by atoms with Gasteiger partial charge in [-0.3, -0.25) is 4.79 Å². The summed E-state index contributed by atoms with van der Waals surface area (Å²) in [7, 11) is 4.60. The van der Waals surface area contributed by atoms with E-state index in [1.54, 1.807) is 12.1 Å². The Morgan fingerprint density at radius 2 is 1.65 bits per heavy atom. The average Bonchev–Trinajstić information content (AvgIpc) is 2.50. The molecule has 0 aliphatic heterocycles. The van der Waals surface area contributed by atoms with Gasteiger partial charge in [0.25, 0.3) is 0 Å². The van der Waals surface area contributed by atoms with Gasteiger partial charge in [-0.1, -0.05) is 13.8 Å². The summed E-state index contributed by atoms with van der Waals surface area (Å²) in [5.41, 5.74) is 0. The lowest BCUT2D eigenvalue weighted by atomic mass is 10.0. The summed E-state index contributed by atoms with van der Waals surface area (Å²) < 4.78 is 21.2. The van der Waals surface area contributed by atoms with Crippen molar-refractivity contribution in [1.82, 2.24) is 0 Å². The van der Waals surface area contributed by atoms with Crippen molar-refractivity contribution in [2.24, 2.45) is 5.92 Å². The average molecular weight is 282 g/mol. The second kappa shape index (κ2) is 7.62. The van der Waals surface area contributed by atoms with Crippen LogP contribution in [0.4, 0.5) is 0 Å².